The van der Waals surface area contributed by atoms with Gasteiger partial charge in [0.1, 0.15) is 0 Å². The number of benzene rings is 1. The lowest BCUT2D eigenvalue weighted by Crippen LogP contribution is -2.30. The summed E-state index contributed by atoms with van der Waals surface area (Å²) in [6.07, 6.45) is 2.14. The zero-order valence-electron chi connectivity index (χ0n) is 10.6. The van der Waals surface area contributed by atoms with Crippen molar-refractivity contribution >= 4 is 46.6 Å². The van der Waals surface area contributed by atoms with E-state index in [1.165, 1.54) is 0 Å². The molecule has 18 heavy (non-hydrogen) atoms. The third-order valence-electron chi connectivity index (χ3n) is 3.10. The van der Waals surface area contributed by atoms with Gasteiger partial charge in [-0.05, 0) is 42.0 Å². The van der Waals surface area contributed by atoms with Crippen LogP contribution in [0.15, 0.2) is 24.3 Å². The summed E-state index contributed by atoms with van der Waals surface area (Å²) in [5.41, 5.74) is 1.00. The Balaban J connectivity index is 2.79. The molecule has 0 aliphatic rings. The Bertz CT molecular complexity index is 351. The highest BCUT2D eigenvalue weighted by Gasteiger charge is 2.30. The van der Waals surface area contributed by atoms with E-state index in [9.17, 15) is 0 Å². The first kappa shape index (κ1) is 16.5. The van der Waals surface area contributed by atoms with Gasteiger partial charge in [-0.25, -0.2) is 0 Å². The van der Waals surface area contributed by atoms with Crippen molar-refractivity contribution in [1.82, 2.24) is 0 Å². The van der Waals surface area contributed by atoms with E-state index in [0.717, 1.165) is 34.9 Å². The van der Waals surface area contributed by atoms with Crippen LogP contribution in [-0.4, -0.2) is 23.3 Å². The Kier molecular flexibility index (Phi) is 7.86. The standard InChI is InChI=1S/C14H19Cl3S/c1-2-18-8-4-7-14(10-15,11-16)12-5-3-6-13(17)9-12/h3,5-6,9H,2,4,7-8,10-11H2,1H3. The van der Waals surface area contributed by atoms with Crippen molar-refractivity contribution in [1.29, 1.82) is 0 Å². The number of thioether (sulfide) groups is 1. The van der Waals surface area contributed by atoms with Crippen LogP contribution >= 0.6 is 46.6 Å². The fraction of sp³-hybridized carbons (Fsp3) is 0.571. The number of rotatable bonds is 8. The molecule has 0 aliphatic carbocycles. The molecule has 0 aromatic heterocycles. The third-order valence-corrected chi connectivity index (χ3v) is 5.34. The Labute approximate surface area is 129 Å². The highest BCUT2D eigenvalue weighted by Crippen LogP contribution is 2.34. The number of hydrogen-bond donors (Lipinski definition) is 0. The predicted molar refractivity (Wildman–Crippen MR) is 86.8 cm³/mol. The molecule has 0 N–H and O–H groups in total. The summed E-state index contributed by atoms with van der Waals surface area (Å²) in [5, 5.41) is 0.745. The highest BCUT2D eigenvalue weighted by molar-refractivity contribution is 7.99. The number of alkyl halides is 2. The van der Waals surface area contributed by atoms with Gasteiger partial charge in [-0.15, -0.1) is 23.2 Å². The maximum absolute atomic E-state index is 6.19. The lowest BCUT2D eigenvalue weighted by Gasteiger charge is -2.30. The monoisotopic (exact) mass is 324 g/mol. The van der Waals surface area contributed by atoms with Gasteiger partial charge < -0.3 is 0 Å². The van der Waals surface area contributed by atoms with Crippen LogP contribution in [-0.2, 0) is 5.41 Å². The first-order valence-corrected chi connectivity index (χ1v) is 8.74. The normalized spacial score (nSPS) is 11.8. The van der Waals surface area contributed by atoms with E-state index in [1.54, 1.807) is 0 Å². The van der Waals surface area contributed by atoms with Crippen LogP contribution in [0.3, 0.4) is 0 Å². The molecule has 0 amide bonds. The van der Waals surface area contributed by atoms with Crippen molar-refractivity contribution in [3.63, 3.8) is 0 Å². The molecule has 0 saturated heterocycles. The smallest absolute Gasteiger partial charge is 0.0408 e. The molecule has 4 heteroatoms. The molecule has 1 rings (SSSR count). The van der Waals surface area contributed by atoms with Crippen LogP contribution < -0.4 is 0 Å². The minimum Gasteiger partial charge on any atom is -0.162 e. The second-order valence-corrected chi connectivity index (χ2v) is 6.72. The summed E-state index contributed by atoms with van der Waals surface area (Å²) in [7, 11) is 0. The summed E-state index contributed by atoms with van der Waals surface area (Å²) in [5.74, 6) is 3.39. The highest BCUT2D eigenvalue weighted by atomic mass is 35.5. The van der Waals surface area contributed by atoms with Gasteiger partial charge in [0.2, 0.25) is 0 Å². The van der Waals surface area contributed by atoms with Crippen molar-refractivity contribution in [3.8, 4) is 0 Å². The SMILES string of the molecule is CCSCCCC(CCl)(CCl)c1cccc(Cl)c1. The molecule has 0 atom stereocenters. The Morgan fingerprint density at radius 1 is 1.22 bits per heavy atom. The number of hydrogen-bond acceptors (Lipinski definition) is 1. The Hall–Kier alpha value is 0.440. The van der Waals surface area contributed by atoms with Gasteiger partial charge in [0.25, 0.3) is 0 Å². The van der Waals surface area contributed by atoms with E-state index in [1.807, 2.05) is 30.0 Å². The Morgan fingerprint density at radius 3 is 2.50 bits per heavy atom. The third kappa shape index (κ3) is 4.52. The van der Waals surface area contributed by atoms with Crippen molar-refractivity contribution in [2.45, 2.75) is 25.2 Å². The average molecular weight is 326 g/mol. The first-order chi connectivity index (χ1) is 8.68. The van der Waals surface area contributed by atoms with Crippen molar-refractivity contribution < 1.29 is 0 Å². The zero-order valence-corrected chi connectivity index (χ0v) is 13.7. The van der Waals surface area contributed by atoms with Crippen molar-refractivity contribution in [2.24, 2.45) is 0 Å². The summed E-state index contributed by atoms with van der Waals surface area (Å²) in [6.45, 7) is 2.18. The minimum absolute atomic E-state index is 0.150. The van der Waals surface area contributed by atoms with E-state index < -0.39 is 0 Å². The lowest BCUT2D eigenvalue weighted by molar-refractivity contribution is 0.487. The molecule has 0 saturated carbocycles. The fourth-order valence-corrected chi connectivity index (χ4v) is 3.63. The minimum atomic E-state index is -0.150. The van der Waals surface area contributed by atoms with E-state index >= 15 is 0 Å². The van der Waals surface area contributed by atoms with Gasteiger partial charge in [0, 0.05) is 22.2 Å². The average Bonchev–Trinajstić information content (AvgIpc) is 2.40. The molecule has 1 aromatic rings. The molecule has 0 unspecified atom stereocenters. The molecule has 0 nitrogen and oxygen atoms in total. The molecule has 0 spiro atoms. The Morgan fingerprint density at radius 2 is 1.94 bits per heavy atom. The zero-order chi connectivity index (χ0) is 13.4. The van der Waals surface area contributed by atoms with Gasteiger partial charge in [-0.2, -0.15) is 11.8 Å². The van der Waals surface area contributed by atoms with Gasteiger partial charge in [0.05, 0.1) is 0 Å². The quantitative estimate of drug-likeness (QED) is 0.443. The summed E-state index contributed by atoms with van der Waals surface area (Å²) >= 11 is 20.4. The fourth-order valence-electron chi connectivity index (χ4n) is 1.94. The molecular weight excluding hydrogens is 307 g/mol. The second-order valence-electron chi connectivity index (χ2n) is 4.36. The van der Waals surface area contributed by atoms with E-state index in [4.69, 9.17) is 34.8 Å². The van der Waals surface area contributed by atoms with Crippen molar-refractivity contribution in [2.75, 3.05) is 23.3 Å². The second kappa shape index (κ2) is 8.58. The van der Waals surface area contributed by atoms with Gasteiger partial charge in [-0.1, -0.05) is 30.7 Å². The van der Waals surface area contributed by atoms with Crippen LogP contribution in [0.25, 0.3) is 0 Å². The maximum Gasteiger partial charge on any atom is 0.0408 e. The van der Waals surface area contributed by atoms with E-state index in [0.29, 0.717) is 11.8 Å². The summed E-state index contributed by atoms with van der Waals surface area (Å²) < 4.78 is 0. The topological polar surface area (TPSA) is 0 Å². The molecule has 0 radical (unpaired) electrons. The maximum atomic E-state index is 6.19. The predicted octanol–water partition coefficient (Wildman–Crippen LogP) is 5.59. The van der Waals surface area contributed by atoms with Crippen LogP contribution in [0, 0.1) is 0 Å². The van der Waals surface area contributed by atoms with Gasteiger partial charge >= 0.3 is 0 Å². The number of halogens is 3. The molecular formula is C14H19Cl3S. The molecule has 0 fully saturated rings. The molecule has 0 heterocycles. The van der Waals surface area contributed by atoms with Gasteiger partial charge in [-0.3, -0.25) is 0 Å². The lowest BCUT2D eigenvalue weighted by atomic mass is 9.80. The molecule has 0 bridgehead atoms. The van der Waals surface area contributed by atoms with Crippen LogP contribution in [0.1, 0.15) is 25.3 Å². The van der Waals surface area contributed by atoms with E-state index in [-0.39, 0.29) is 5.41 Å². The summed E-state index contributed by atoms with van der Waals surface area (Å²) in [6, 6.07) is 7.90. The van der Waals surface area contributed by atoms with E-state index in [2.05, 4.69) is 13.0 Å². The first-order valence-electron chi connectivity index (χ1n) is 6.14. The molecule has 1 aromatic carbocycles. The molecule has 102 valence electrons. The van der Waals surface area contributed by atoms with Crippen LogP contribution in [0.5, 0.6) is 0 Å². The summed E-state index contributed by atoms with van der Waals surface area (Å²) in [4.78, 5) is 0. The van der Waals surface area contributed by atoms with Crippen LogP contribution in [0.4, 0.5) is 0 Å². The molecule has 0 aliphatic heterocycles. The largest absolute Gasteiger partial charge is 0.162 e. The van der Waals surface area contributed by atoms with Crippen molar-refractivity contribution in [3.05, 3.63) is 34.9 Å². The van der Waals surface area contributed by atoms with Crippen LogP contribution in [0.2, 0.25) is 5.02 Å². The van der Waals surface area contributed by atoms with Gasteiger partial charge in [0.15, 0.2) is 0 Å².